The van der Waals surface area contributed by atoms with E-state index in [1.54, 1.807) is 4.90 Å². The quantitative estimate of drug-likeness (QED) is 0.720. The standard InChI is InChI=1S/C13H15NO2/c15-12-7-4-9-14(10-8-12)13(16)11-5-2-1-3-6-11/h1-3,5-6H,4,7-10H2. The van der Waals surface area contributed by atoms with Gasteiger partial charge in [0.05, 0.1) is 0 Å². The highest BCUT2D eigenvalue weighted by molar-refractivity contribution is 5.94. The third kappa shape index (κ3) is 2.48. The Bertz CT molecular complexity index is 386. The Hall–Kier alpha value is -1.64. The molecule has 1 aromatic rings. The summed E-state index contributed by atoms with van der Waals surface area (Å²) in [7, 11) is 0. The first-order valence-electron chi connectivity index (χ1n) is 5.63. The Morgan fingerprint density at radius 1 is 1.06 bits per heavy atom. The van der Waals surface area contributed by atoms with Crippen molar-refractivity contribution in [2.75, 3.05) is 13.1 Å². The van der Waals surface area contributed by atoms with Gasteiger partial charge in [-0.25, -0.2) is 0 Å². The smallest absolute Gasteiger partial charge is 0.253 e. The number of rotatable bonds is 1. The second kappa shape index (κ2) is 4.92. The van der Waals surface area contributed by atoms with E-state index >= 15 is 0 Å². The maximum atomic E-state index is 12.1. The SMILES string of the molecule is O=C1CCCN(C(=O)c2ccccc2)CC1. The summed E-state index contributed by atoms with van der Waals surface area (Å²) in [5, 5.41) is 0. The maximum Gasteiger partial charge on any atom is 0.253 e. The molecule has 2 rings (SSSR count). The molecule has 1 heterocycles. The lowest BCUT2D eigenvalue weighted by Gasteiger charge is -2.19. The molecular formula is C13H15NO2. The summed E-state index contributed by atoms with van der Waals surface area (Å²) in [5.41, 5.74) is 0.705. The van der Waals surface area contributed by atoms with Crippen molar-refractivity contribution in [2.24, 2.45) is 0 Å². The molecule has 1 aromatic carbocycles. The zero-order valence-electron chi connectivity index (χ0n) is 9.19. The average molecular weight is 217 g/mol. The largest absolute Gasteiger partial charge is 0.338 e. The highest BCUT2D eigenvalue weighted by Crippen LogP contribution is 2.11. The summed E-state index contributed by atoms with van der Waals surface area (Å²) in [6.45, 7) is 1.26. The van der Waals surface area contributed by atoms with Gasteiger partial charge in [-0.3, -0.25) is 9.59 Å². The van der Waals surface area contributed by atoms with Crippen LogP contribution in [0.1, 0.15) is 29.6 Å². The van der Waals surface area contributed by atoms with E-state index in [9.17, 15) is 9.59 Å². The molecule has 0 saturated carbocycles. The molecule has 1 fully saturated rings. The summed E-state index contributed by atoms with van der Waals surface area (Å²) in [4.78, 5) is 25.1. The van der Waals surface area contributed by atoms with Gasteiger partial charge in [-0.15, -0.1) is 0 Å². The molecule has 1 aliphatic rings. The molecule has 0 bridgehead atoms. The number of Topliss-reactive ketones (excluding diaryl/α,β-unsaturated/α-hetero) is 1. The Labute approximate surface area is 95.1 Å². The Morgan fingerprint density at radius 2 is 1.81 bits per heavy atom. The van der Waals surface area contributed by atoms with Crippen LogP contribution in [-0.4, -0.2) is 29.7 Å². The third-order valence-corrected chi connectivity index (χ3v) is 2.85. The predicted octanol–water partition coefficient (Wildman–Crippen LogP) is 1.88. The molecular weight excluding hydrogens is 202 g/mol. The molecule has 0 unspecified atom stereocenters. The van der Waals surface area contributed by atoms with Crippen LogP contribution in [0.4, 0.5) is 0 Å². The number of hydrogen-bond donors (Lipinski definition) is 0. The molecule has 3 nitrogen and oxygen atoms in total. The molecule has 0 aromatic heterocycles. The van der Waals surface area contributed by atoms with E-state index in [1.165, 1.54) is 0 Å². The molecule has 1 saturated heterocycles. The van der Waals surface area contributed by atoms with Crippen molar-refractivity contribution in [3.8, 4) is 0 Å². The third-order valence-electron chi connectivity index (χ3n) is 2.85. The van der Waals surface area contributed by atoms with Gasteiger partial charge in [0.15, 0.2) is 0 Å². The number of amides is 1. The molecule has 16 heavy (non-hydrogen) atoms. The van der Waals surface area contributed by atoms with Crippen LogP contribution in [0.2, 0.25) is 0 Å². The van der Waals surface area contributed by atoms with Gasteiger partial charge in [0.2, 0.25) is 0 Å². The van der Waals surface area contributed by atoms with Crippen molar-refractivity contribution in [1.29, 1.82) is 0 Å². The Kier molecular flexibility index (Phi) is 3.34. The zero-order valence-corrected chi connectivity index (χ0v) is 9.19. The minimum Gasteiger partial charge on any atom is -0.338 e. The summed E-state index contributed by atoms with van der Waals surface area (Å²) in [6.07, 6.45) is 1.90. The maximum absolute atomic E-state index is 12.1. The molecule has 1 amide bonds. The lowest BCUT2D eigenvalue weighted by atomic mass is 10.2. The monoisotopic (exact) mass is 217 g/mol. The van der Waals surface area contributed by atoms with Gasteiger partial charge in [0.1, 0.15) is 5.78 Å². The molecule has 0 atom stereocenters. The van der Waals surface area contributed by atoms with Crippen molar-refractivity contribution in [3.63, 3.8) is 0 Å². The van der Waals surface area contributed by atoms with Crippen molar-refractivity contribution in [1.82, 2.24) is 4.90 Å². The van der Waals surface area contributed by atoms with Gasteiger partial charge >= 0.3 is 0 Å². The van der Waals surface area contributed by atoms with Crippen LogP contribution >= 0.6 is 0 Å². The molecule has 0 N–H and O–H groups in total. The van der Waals surface area contributed by atoms with E-state index in [0.29, 0.717) is 31.5 Å². The highest BCUT2D eigenvalue weighted by atomic mass is 16.2. The molecule has 0 spiro atoms. The van der Waals surface area contributed by atoms with Crippen LogP contribution in [0.15, 0.2) is 30.3 Å². The Morgan fingerprint density at radius 3 is 2.56 bits per heavy atom. The Balaban J connectivity index is 2.07. The summed E-state index contributed by atoms with van der Waals surface area (Å²) in [6, 6.07) is 9.24. The van der Waals surface area contributed by atoms with Crippen LogP contribution in [-0.2, 0) is 4.79 Å². The number of benzene rings is 1. The first kappa shape index (κ1) is 10.9. The van der Waals surface area contributed by atoms with E-state index in [0.717, 1.165) is 6.42 Å². The van der Waals surface area contributed by atoms with Gasteiger partial charge in [-0.1, -0.05) is 18.2 Å². The number of nitrogens with zero attached hydrogens (tertiary/aromatic N) is 1. The first-order chi connectivity index (χ1) is 7.77. The van der Waals surface area contributed by atoms with Gasteiger partial charge in [0.25, 0.3) is 5.91 Å². The number of carbonyl (C=O) groups is 2. The highest BCUT2D eigenvalue weighted by Gasteiger charge is 2.19. The predicted molar refractivity (Wildman–Crippen MR) is 61.2 cm³/mol. The topological polar surface area (TPSA) is 37.4 Å². The van der Waals surface area contributed by atoms with Crippen molar-refractivity contribution in [2.45, 2.75) is 19.3 Å². The number of likely N-dealkylation sites (tertiary alicyclic amines) is 1. The fourth-order valence-corrected chi connectivity index (χ4v) is 1.93. The van der Waals surface area contributed by atoms with Gasteiger partial charge in [-0.05, 0) is 18.6 Å². The summed E-state index contributed by atoms with van der Waals surface area (Å²) < 4.78 is 0. The fraction of sp³-hybridized carbons (Fsp3) is 0.385. The molecule has 3 heteroatoms. The first-order valence-corrected chi connectivity index (χ1v) is 5.63. The summed E-state index contributed by atoms with van der Waals surface area (Å²) in [5.74, 6) is 0.304. The minimum absolute atomic E-state index is 0.0373. The van der Waals surface area contributed by atoms with Gasteiger partial charge in [-0.2, -0.15) is 0 Å². The van der Waals surface area contributed by atoms with Crippen LogP contribution in [0.25, 0.3) is 0 Å². The number of ketones is 1. The van der Waals surface area contributed by atoms with Crippen molar-refractivity contribution >= 4 is 11.7 Å². The van der Waals surface area contributed by atoms with Crippen molar-refractivity contribution in [3.05, 3.63) is 35.9 Å². The average Bonchev–Trinajstić information content (AvgIpc) is 2.54. The van der Waals surface area contributed by atoms with Crippen LogP contribution in [0.3, 0.4) is 0 Å². The molecule has 84 valence electrons. The summed E-state index contributed by atoms with van der Waals surface area (Å²) >= 11 is 0. The zero-order chi connectivity index (χ0) is 11.4. The second-order valence-corrected chi connectivity index (χ2v) is 4.05. The number of carbonyl (C=O) groups excluding carboxylic acids is 2. The van der Waals surface area contributed by atoms with Crippen LogP contribution in [0.5, 0.6) is 0 Å². The molecule has 0 aliphatic carbocycles. The van der Waals surface area contributed by atoms with E-state index < -0.39 is 0 Å². The van der Waals surface area contributed by atoms with Gasteiger partial charge < -0.3 is 4.90 Å². The van der Waals surface area contributed by atoms with Gasteiger partial charge in [0, 0.05) is 31.5 Å². The van der Waals surface area contributed by atoms with Crippen LogP contribution < -0.4 is 0 Å². The lowest BCUT2D eigenvalue weighted by molar-refractivity contribution is -0.118. The minimum atomic E-state index is 0.0373. The fourth-order valence-electron chi connectivity index (χ4n) is 1.93. The van der Waals surface area contributed by atoms with Crippen LogP contribution in [0, 0.1) is 0 Å². The second-order valence-electron chi connectivity index (χ2n) is 4.05. The number of hydrogen-bond acceptors (Lipinski definition) is 2. The van der Waals surface area contributed by atoms with Crippen molar-refractivity contribution < 1.29 is 9.59 Å². The van der Waals surface area contributed by atoms with E-state index in [2.05, 4.69) is 0 Å². The molecule has 1 aliphatic heterocycles. The van der Waals surface area contributed by atoms with E-state index in [-0.39, 0.29) is 11.7 Å². The molecule has 0 radical (unpaired) electrons. The van der Waals surface area contributed by atoms with E-state index in [1.807, 2.05) is 30.3 Å². The van der Waals surface area contributed by atoms with E-state index in [4.69, 9.17) is 0 Å². The lowest BCUT2D eigenvalue weighted by Crippen LogP contribution is -2.31. The normalized spacial score (nSPS) is 17.0.